The lowest BCUT2D eigenvalue weighted by Crippen LogP contribution is -2.21. The fourth-order valence-corrected chi connectivity index (χ4v) is 4.19. The highest BCUT2D eigenvalue weighted by Gasteiger charge is 2.20. The molecular weight excluding hydrogens is 414 g/mol. The van der Waals surface area contributed by atoms with Crippen LogP contribution in [0.1, 0.15) is 23.0 Å². The van der Waals surface area contributed by atoms with Crippen LogP contribution in [0.25, 0.3) is 16.1 Å². The molecule has 1 aromatic carbocycles. The fourth-order valence-electron chi connectivity index (χ4n) is 3.12. The van der Waals surface area contributed by atoms with Crippen molar-refractivity contribution in [3.63, 3.8) is 0 Å². The van der Waals surface area contributed by atoms with Gasteiger partial charge in [-0.05, 0) is 37.6 Å². The van der Waals surface area contributed by atoms with E-state index < -0.39 is 5.97 Å². The van der Waals surface area contributed by atoms with Gasteiger partial charge in [0, 0.05) is 17.3 Å². The molecule has 7 nitrogen and oxygen atoms in total. The van der Waals surface area contributed by atoms with Crippen LogP contribution in [0.3, 0.4) is 0 Å². The summed E-state index contributed by atoms with van der Waals surface area (Å²) in [7, 11) is 0. The lowest BCUT2D eigenvalue weighted by atomic mass is 10.1. The number of hydrogen-bond acceptors (Lipinski definition) is 6. The monoisotopic (exact) mass is 435 g/mol. The van der Waals surface area contributed by atoms with Crippen LogP contribution in [0, 0.1) is 6.92 Å². The molecule has 158 valence electrons. The summed E-state index contributed by atoms with van der Waals surface area (Å²) < 4.78 is 12.7. The Morgan fingerprint density at radius 2 is 1.97 bits per heavy atom. The van der Waals surface area contributed by atoms with Crippen LogP contribution in [0.2, 0.25) is 0 Å². The number of nitrogens with one attached hydrogen (secondary N) is 1. The number of amides is 1. The van der Waals surface area contributed by atoms with E-state index in [1.54, 1.807) is 19.1 Å². The topological polar surface area (TPSA) is 81.9 Å². The Labute approximate surface area is 183 Å². The maximum absolute atomic E-state index is 12.6. The van der Waals surface area contributed by atoms with E-state index in [1.165, 1.54) is 11.3 Å². The molecule has 3 aromatic heterocycles. The number of thiophene rings is 1. The fraction of sp³-hybridized carbons (Fsp3) is 0.174. The third kappa shape index (κ3) is 4.59. The zero-order valence-electron chi connectivity index (χ0n) is 17.1. The SMILES string of the molecule is CCOC(=O)c1cc(-c2ccccc2)sc1NC(=O)COc1cccn2cc(C)nc12. The number of aromatic nitrogens is 2. The number of nitrogens with zero attached hydrogens (tertiary/aromatic N) is 2. The molecule has 0 radical (unpaired) electrons. The third-order valence-electron chi connectivity index (χ3n) is 4.46. The van der Waals surface area contributed by atoms with Crippen molar-refractivity contribution in [2.75, 3.05) is 18.5 Å². The van der Waals surface area contributed by atoms with Crippen LogP contribution in [0.5, 0.6) is 5.75 Å². The average molecular weight is 436 g/mol. The van der Waals surface area contributed by atoms with Crippen molar-refractivity contribution < 1.29 is 19.1 Å². The average Bonchev–Trinajstić information content (AvgIpc) is 3.36. The molecule has 0 fully saturated rings. The van der Waals surface area contributed by atoms with Gasteiger partial charge in [0.25, 0.3) is 5.91 Å². The largest absolute Gasteiger partial charge is 0.480 e. The molecule has 0 aliphatic rings. The first kappa shape index (κ1) is 20.6. The number of rotatable bonds is 7. The molecular formula is C23H21N3O4S. The van der Waals surface area contributed by atoms with Crippen molar-refractivity contribution in [2.24, 2.45) is 0 Å². The van der Waals surface area contributed by atoms with Crippen LogP contribution >= 0.6 is 11.3 Å². The summed E-state index contributed by atoms with van der Waals surface area (Å²) in [5.41, 5.74) is 2.77. The first-order valence-corrected chi connectivity index (χ1v) is 10.6. The summed E-state index contributed by atoms with van der Waals surface area (Å²) in [5.74, 6) is -0.348. The molecule has 0 atom stereocenters. The highest BCUT2D eigenvalue weighted by Crippen LogP contribution is 2.36. The van der Waals surface area contributed by atoms with Gasteiger partial charge in [-0.25, -0.2) is 9.78 Å². The number of aryl methyl sites for hydroxylation is 1. The van der Waals surface area contributed by atoms with E-state index in [1.807, 2.05) is 60.1 Å². The molecule has 8 heteroatoms. The van der Waals surface area contributed by atoms with Crippen molar-refractivity contribution >= 4 is 33.9 Å². The minimum atomic E-state index is -0.477. The van der Waals surface area contributed by atoms with Gasteiger partial charge in [-0.2, -0.15) is 0 Å². The Balaban J connectivity index is 1.52. The zero-order valence-corrected chi connectivity index (χ0v) is 17.9. The highest BCUT2D eigenvalue weighted by molar-refractivity contribution is 7.20. The minimum absolute atomic E-state index is 0.216. The smallest absolute Gasteiger partial charge is 0.341 e. The van der Waals surface area contributed by atoms with Gasteiger partial charge in [-0.1, -0.05) is 30.3 Å². The normalized spacial score (nSPS) is 10.8. The number of ether oxygens (including phenoxy) is 2. The minimum Gasteiger partial charge on any atom is -0.480 e. The molecule has 0 aliphatic heterocycles. The summed E-state index contributed by atoms with van der Waals surface area (Å²) in [5, 5.41) is 3.22. The number of carbonyl (C=O) groups is 2. The standard InChI is InChI=1S/C23H21N3O4S/c1-3-29-23(28)17-12-19(16-8-5-4-6-9-16)31-22(17)25-20(27)14-30-18-10-7-11-26-13-15(2)24-21(18)26/h4-13H,3,14H2,1-2H3,(H,25,27). The number of pyridine rings is 1. The highest BCUT2D eigenvalue weighted by atomic mass is 32.1. The van der Waals surface area contributed by atoms with E-state index in [0.717, 1.165) is 16.1 Å². The number of esters is 1. The number of anilines is 1. The Morgan fingerprint density at radius 1 is 1.16 bits per heavy atom. The van der Waals surface area contributed by atoms with Gasteiger partial charge in [-0.15, -0.1) is 11.3 Å². The van der Waals surface area contributed by atoms with Gasteiger partial charge in [0.05, 0.1) is 17.9 Å². The molecule has 0 bridgehead atoms. The number of fused-ring (bicyclic) bond motifs is 1. The molecule has 4 rings (SSSR count). The van der Waals surface area contributed by atoms with Crippen LogP contribution in [0.4, 0.5) is 5.00 Å². The summed E-state index contributed by atoms with van der Waals surface area (Å²) in [6, 6.07) is 15.0. The molecule has 1 N–H and O–H groups in total. The quantitative estimate of drug-likeness (QED) is 0.430. The van der Waals surface area contributed by atoms with Crippen molar-refractivity contribution in [2.45, 2.75) is 13.8 Å². The van der Waals surface area contributed by atoms with E-state index in [-0.39, 0.29) is 19.1 Å². The molecule has 0 saturated heterocycles. The van der Waals surface area contributed by atoms with Crippen molar-refractivity contribution in [1.29, 1.82) is 0 Å². The number of benzene rings is 1. The number of carbonyl (C=O) groups excluding carboxylic acids is 2. The van der Waals surface area contributed by atoms with Gasteiger partial charge in [-0.3, -0.25) is 4.79 Å². The molecule has 0 saturated carbocycles. The lowest BCUT2D eigenvalue weighted by Gasteiger charge is -2.08. The maximum Gasteiger partial charge on any atom is 0.341 e. The molecule has 0 aliphatic carbocycles. The summed E-state index contributed by atoms with van der Waals surface area (Å²) >= 11 is 1.32. The first-order chi connectivity index (χ1) is 15.0. The molecule has 0 spiro atoms. The van der Waals surface area contributed by atoms with E-state index in [4.69, 9.17) is 9.47 Å². The van der Waals surface area contributed by atoms with E-state index in [2.05, 4.69) is 10.3 Å². The predicted octanol–water partition coefficient (Wildman–Crippen LogP) is 4.57. The van der Waals surface area contributed by atoms with Crippen molar-refractivity contribution in [1.82, 2.24) is 9.38 Å². The molecule has 0 unspecified atom stereocenters. The van der Waals surface area contributed by atoms with Gasteiger partial charge in [0.2, 0.25) is 0 Å². The Bertz CT molecular complexity index is 1230. The van der Waals surface area contributed by atoms with E-state index in [9.17, 15) is 9.59 Å². The second kappa shape index (κ2) is 9.01. The van der Waals surface area contributed by atoms with Gasteiger partial charge in [0.1, 0.15) is 5.00 Å². The first-order valence-electron chi connectivity index (χ1n) is 9.78. The molecule has 3 heterocycles. The van der Waals surface area contributed by atoms with Gasteiger partial charge in [0.15, 0.2) is 18.0 Å². The Hall–Kier alpha value is -3.65. The van der Waals surface area contributed by atoms with Crippen molar-refractivity contribution in [3.8, 4) is 16.2 Å². The van der Waals surface area contributed by atoms with Crippen LogP contribution in [-0.4, -0.2) is 34.5 Å². The van der Waals surface area contributed by atoms with Crippen LogP contribution < -0.4 is 10.1 Å². The summed E-state index contributed by atoms with van der Waals surface area (Å²) in [6.45, 7) is 3.67. The molecule has 31 heavy (non-hydrogen) atoms. The predicted molar refractivity (Wildman–Crippen MR) is 120 cm³/mol. The lowest BCUT2D eigenvalue weighted by molar-refractivity contribution is -0.118. The second-order valence-corrected chi connectivity index (χ2v) is 7.81. The van der Waals surface area contributed by atoms with Crippen LogP contribution in [-0.2, 0) is 9.53 Å². The Kier molecular flexibility index (Phi) is 5.99. The Morgan fingerprint density at radius 3 is 2.74 bits per heavy atom. The maximum atomic E-state index is 12.6. The molecule has 1 amide bonds. The summed E-state index contributed by atoms with van der Waals surface area (Å²) in [6.07, 6.45) is 3.75. The summed E-state index contributed by atoms with van der Waals surface area (Å²) in [4.78, 5) is 30.3. The van der Waals surface area contributed by atoms with Gasteiger partial charge < -0.3 is 19.2 Å². The molecule has 4 aromatic rings. The van der Waals surface area contributed by atoms with E-state index in [0.29, 0.717) is 22.0 Å². The van der Waals surface area contributed by atoms with E-state index >= 15 is 0 Å². The third-order valence-corrected chi connectivity index (χ3v) is 5.56. The van der Waals surface area contributed by atoms with Crippen LogP contribution in [0.15, 0.2) is 60.9 Å². The number of imidazole rings is 1. The van der Waals surface area contributed by atoms with Gasteiger partial charge >= 0.3 is 5.97 Å². The number of hydrogen-bond donors (Lipinski definition) is 1. The van der Waals surface area contributed by atoms with Crippen molar-refractivity contribution in [3.05, 3.63) is 72.2 Å². The zero-order chi connectivity index (χ0) is 21.8. The second-order valence-electron chi connectivity index (χ2n) is 6.76.